The number of aromatic nitrogens is 4. The van der Waals surface area contributed by atoms with E-state index in [9.17, 15) is 17.6 Å². The molecule has 0 amide bonds. The van der Waals surface area contributed by atoms with Gasteiger partial charge in [0.2, 0.25) is 5.89 Å². The maximum atomic E-state index is 13.4. The molecular formula is C11H6F4N4O. The smallest absolute Gasteiger partial charge is 0.415 e. The maximum Gasteiger partial charge on any atom is 0.470 e. The molecule has 0 spiro atoms. The van der Waals surface area contributed by atoms with Gasteiger partial charge in [0.15, 0.2) is 0 Å². The lowest BCUT2D eigenvalue weighted by molar-refractivity contribution is -0.157. The number of alkyl halides is 3. The van der Waals surface area contributed by atoms with Crippen molar-refractivity contribution in [3.8, 4) is 0 Å². The molecule has 1 aromatic carbocycles. The van der Waals surface area contributed by atoms with Crippen LogP contribution in [-0.2, 0) is 12.7 Å². The summed E-state index contributed by atoms with van der Waals surface area (Å²) in [7, 11) is 0. The first-order valence-corrected chi connectivity index (χ1v) is 5.45. The van der Waals surface area contributed by atoms with Gasteiger partial charge >= 0.3 is 12.1 Å². The van der Waals surface area contributed by atoms with Gasteiger partial charge in [-0.25, -0.2) is 4.39 Å². The van der Waals surface area contributed by atoms with Crippen LogP contribution in [0.4, 0.5) is 17.6 Å². The van der Waals surface area contributed by atoms with Gasteiger partial charge in [-0.15, -0.1) is 10.2 Å². The monoisotopic (exact) mass is 286 g/mol. The van der Waals surface area contributed by atoms with Crippen LogP contribution in [0, 0.1) is 5.82 Å². The Kier molecular flexibility index (Phi) is 2.70. The highest BCUT2D eigenvalue weighted by Crippen LogP contribution is 2.28. The zero-order valence-electron chi connectivity index (χ0n) is 9.73. The summed E-state index contributed by atoms with van der Waals surface area (Å²) < 4.78 is 56.2. The van der Waals surface area contributed by atoms with Gasteiger partial charge < -0.3 is 4.42 Å². The van der Waals surface area contributed by atoms with Crippen LogP contribution < -0.4 is 0 Å². The van der Waals surface area contributed by atoms with E-state index in [1.54, 1.807) is 6.07 Å². The fourth-order valence-corrected chi connectivity index (χ4v) is 1.75. The molecule has 9 heteroatoms. The standard InChI is InChI=1S/C11H6F4N4O/c12-7-2-1-3-8-6(7)4-16-19(8)5-9-17-18-10(20-9)11(13,14)15/h1-4H,5H2. The number of halogens is 4. The summed E-state index contributed by atoms with van der Waals surface area (Å²) in [5.41, 5.74) is 0.428. The van der Waals surface area contributed by atoms with E-state index in [1.165, 1.54) is 23.0 Å². The second-order valence-electron chi connectivity index (χ2n) is 3.97. The van der Waals surface area contributed by atoms with Crippen LogP contribution in [0.3, 0.4) is 0 Å². The first kappa shape index (κ1) is 12.6. The Morgan fingerprint density at radius 3 is 2.70 bits per heavy atom. The number of nitrogens with zero attached hydrogens (tertiary/aromatic N) is 4. The predicted molar refractivity (Wildman–Crippen MR) is 58.1 cm³/mol. The van der Waals surface area contributed by atoms with Crippen molar-refractivity contribution in [3.63, 3.8) is 0 Å². The molecule has 0 atom stereocenters. The van der Waals surface area contributed by atoms with Gasteiger partial charge in [0.25, 0.3) is 0 Å². The first-order valence-electron chi connectivity index (χ1n) is 5.45. The molecule has 0 saturated heterocycles. The number of hydrogen-bond acceptors (Lipinski definition) is 4. The third kappa shape index (κ3) is 2.10. The Labute approximate surface area is 108 Å². The zero-order chi connectivity index (χ0) is 14.3. The topological polar surface area (TPSA) is 56.7 Å². The summed E-state index contributed by atoms with van der Waals surface area (Å²) in [4.78, 5) is 0. The van der Waals surface area contributed by atoms with E-state index in [2.05, 4.69) is 19.7 Å². The van der Waals surface area contributed by atoms with Crippen molar-refractivity contribution in [3.05, 3.63) is 42.0 Å². The molecule has 0 aliphatic heterocycles. The van der Waals surface area contributed by atoms with Gasteiger partial charge in [-0.05, 0) is 12.1 Å². The van der Waals surface area contributed by atoms with Gasteiger partial charge in [-0.3, -0.25) is 4.68 Å². The third-order valence-corrected chi connectivity index (χ3v) is 2.63. The predicted octanol–water partition coefficient (Wildman–Crippen LogP) is 2.63. The van der Waals surface area contributed by atoms with Gasteiger partial charge in [0.05, 0.1) is 17.1 Å². The van der Waals surface area contributed by atoms with Crippen molar-refractivity contribution in [2.75, 3.05) is 0 Å². The van der Waals surface area contributed by atoms with E-state index in [-0.39, 0.29) is 17.8 Å². The Hall–Kier alpha value is -2.45. The molecule has 3 aromatic rings. The molecule has 2 aromatic heterocycles. The number of hydrogen-bond donors (Lipinski definition) is 0. The third-order valence-electron chi connectivity index (χ3n) is 2.63. The van der Waals surface area contributed by atoms with Crippen LogP contribution in [0.5, 0.6) is 0 Å². The normalized spacial score (nSPS) is 12.2. The average Bonchev–Trinajstić information content (AvgIpc) is 2.98. The van der Waals surface area contributed by atoms with E-state index >= 15 is 0 Å². The molecule has 0 aliphatic rings. The second kappa shape index (κ2) is 4.29. The molecule has 2 heterocycles. The highest BCUT2D eigenvalue weighted by molar-refractivity contribution is 5.79. The van der Waals surface area contributed by atoms with Crippen LogP contribution >= 0.6 is 0 Å². The van der Waals surface area contributed by atoms with Crippen LogP contribution in [0.15, 0.2) is 28.8 Å². The summed E-state index contributed by atoms with van der Waals surface area (Å²) in [6, 6.07) is 4.33. The quantitative estimate of drug-likeness (QED) is 0.679. The average molecular weight is 286 g/mol. The number of rotatable bonds is 2. The number of benzene rings is 1. The van der Waals surface area contributed by atoms with E-state index in [4.69, 9.17) is 0 Å². The summed E-state index contributed by atoms with van der Waals surface area (Å²) in [6.45, 7) is -0.171. The highest BCUT2D eigenvalue weighted by Gasteiger charge is 2.38. The minimum Gasteiger partial charge on any atom is -0.415 e. The lowest BCUT2D eigenvalue weighted by atomic mass is 10.2. The van der Waals surface area contributed by atoms with Crippen molar-refractivity contribution in [1.29, 1.82) is 0 Å². The van der Waals surface area contributed by atoms with E-state index in [1.807, 2.05) is 0 Å². The summed E-state index contributed by atoms with van der Waals surface area (Å²) in [5.74, 6) is -2.14. The van der Waals surface area contributed by atoms with Gasteiger partial charge in [0, 0.05) is 0 Å². The molecule has 3 rings (SSSR count). The zero-order valence-corrected chi connectivity index (χ0v) is 9.73. The fraction of sp³-hybridized carbons (Fsp3) is 0.182. The van der Waals surface area contributed by atoms with E-state index in [0.717, 1.165) is 0 Å². The molecule has 5 nitrogen and oxygen atoms in total. The first-order chi connectivity index (χ1) is 9.45. The lowest BCUT2D eigenvalue weighted by Crippen LogP contribution is -2.05. The van der Waals surface area contributed by atoms with E-state index in [0.29, 0.717) is 5.52 Å². The van der Waals surface area contributed by atoms with Crippen molar-refractivity contribution >= 4 is 10.9 Å². The summed E-state index contributed by atoms with van der Waals surface area (Å²) in [5, 5.41) is 10.4. The van der Waals surface area contributed by atoms with Gasteiger partial charge in [0.1, 0.15) is 12.4 Å². The van der Waals surface area contributed by atoms with Crippen LogP contribution in [0.25, 0.3) is 10.9 Å². The van der Waals surface area contributed by atoms with E-state index < -0.39 is 17.9 Å². The largest absolute Gasteiger partial charge is 0.470 e. The van der Waals surface area contributed by atoms with Gasteiger partial charge in [-0.2, -0.15) is 18.3 Å². The Balaban J connectivity index is 1.94. The molecule has 0 bridgehead atoms. The molecule has 0 N–H and O–H groups in total. The molecule has 0 radical (unpaired) electrons. The van der Waals surface area contributed by atoms with Crippen molar-refractivity contribution in [2.45, 2.75) is 12.7 Å². The Bertz CT molecular complexity index is 761. The molecule has 0 saturated carbocycles. The minimum absolute atomic E-state index is 0.171. The molecule has 0 fully saturated rings. The highest BCUT2D eigenvalue weighted by atomic mass is 19.4. The maximum absolute atomic E-state index is 13.4. The Morgan fingerprint density at radius 1 is 1.20 bits per heavy atom. The fourth-order valence-electron chi connectivity index (χ4n) is 1.75. The molecular weight excluding hydrogens is 280 g/mol. The van der Waals surface area contributed by atoms with Crippen LogP contribution in [0.1, 0.15) is 11.8 Å². The second-order valence-corrected chi connectivity index (χ2v) is 3.97. The minimum atomic E-state index is -4.69. The SMILES string of the molecule is Fc1cccc2c1cnn2Cc1nnc(C(F)(F)F)o1. The lowest BCUT2D eigenvalue weighted by Gasteiger charge is -2.00. The molecule has 20 heavy (non-hydrogen) atoms. The Morgan fingerprint density at radius 2 is 2.00 bits per heavy atom. The summed E-state index contributed by atoms with van der Waals surface area (Å²) >= 11 is 0. The van der Waals surface area contributed by atoms with Crippen molar-refractivity contribution in [1.82, 2.24) is 20.0 Å². The molecule has 0 unspecified atom stereocenters. The van der Waals surface area contributed by atoms with Crippen molar-refractivity contribution < 1.29 is 22.0 Å². The van der Waals surface area contributed by atoms with Crippen molar-refractivity contribution in [2.24, 2.45) is 0 Å². The van der Waals surface area contributed by atoms with Gasteiger partial charge in [-0.1, -0.05) is 6.07 Å². The van der Waals surface area contributed by atoms with Crippen LogP contribution in [-0.4, -0.2) is 20.0 Å². The number of fused-ring (bicyclic) bond motifs is 1. The van der Waals surface area contributed by atoms with Crippen LogP contribution in [0.2, 0.25) is 0 Å². The summed E-state index contributed by atoms with van der Waals surface area (Å²) in [6.07, 6.45) is -3.41. The molecule has 0 aliphatic carbocycles. The molecule has 104 valence electrons.